The average molecular weight is 391 g/mol. The minimum absolute atomic E-state index is 0.111. The number of anilines is 1. The third-order valence-corrected chi connectivity index (χ3v) is 5.61. The highest BCUT2D eigenvalue weighted by molar-refractivity contribution is 7.14. The van der Waals surface area contributed by atoms with Gasteiger partial charge in [0, 0.05) is 28.4 Å². The number of fused-ring (bicyclic) bond motifs is 1. The first-order valence-electron chi connectivity index (χ1n) is 9.05. The van der Waals surface area contributed by atoms with Crippen molar-refractivity contribution in [3.05, 3.63) is 70.3 Å². The van der Waals surface area contributed by atoms with Crippen LogP contribution in [0.2, 0.25) is 0 Å². The second-order valence-corrected chi connectivity index (χ2v) is 7.72. The maximum absolute atomic E-state index is 12.5. The molecule has 0 bridgehead atoms. The van der Waals surface area contributed by atoms with E-state index >= 15 is 0 Å². The highest BCUT2D eigenvalue weighted by Crippen LogP contribution is 2.27. The van der Waals surface area contributed by atoms with Crippen molar-refractivity contribution < 1.29 is 9.21 Å². The van der Waals surface area contributed by atoms with Crippen molar-refractivity contribution >= 4 is 33.3 Å². The molecule has 0 saturated heterocycles. The van der Waals surface area contributed by atoms with E-state index in [1.807, 2.05) is 42.6 Å². The van der Waals surface area contributed by atoms with Crippen LogP contribution in [0.4, 0.5) is 5.13 Å². The Morgan fingerprint density at radius 1 is 1.18 bits per heavy atom. The lowest BCUT2D eigenvalue weighted by molar-refractivity contribution is -0.115. The number of nitrogens with one attached hydrogen (secondary N) is 1. The molecule has 2 aromatic carbocycles. The van der Waals surface area contributed by atoms with E-state index in [0.29, 0.717) is 11.7 Å². The number of nitrogens with two attached hydrogens (primary N) is 1. The SMILES string of the molecule is Cc1cc2occ(CC(=O)Nc3nc(-c4ccc(CN)cc4)cs3)c2cc1C. The summed E-state index contributed by atoms with van der Waals surface area (Å²) < 4.78 is 5.61. The van der Waals surface area contributed by atoms with E-state index in [2.05, 4.69) is 23.3 Å². The van der Waals surface area contributed by atoms with Gasteiger partial charge in [-0.05, 0) is 42.7 Å². The van der Waals surface area contributed by atoms with Crippen molar-refractivity contribution in [3.8, 4) is 11.3 Å². The molecule has 0 radical (unpaired) electrons. The van der Waals surface area contributed by atoms with Crippen molar-refractivity contribution in [2.75, 3.05) is 5.32 Å². The number of amides is 1. The molecule has 0 spiro atoms. The largest absolute Gasteiger partial charge is 0.464 e. The monoisotopic (exact) mass is 391 g/mol. The molecule has 2 aromatic heterocycles. The highest BCUT2D eigenvalue weighted by Gasteiger charge is 2.13. The maximum Gasteiger partial charge on any atom is 0.230 e. The molecule has 5 nitrogen and oxygen atoms in total. The molecule has 28 heavy (non-hydrogen) atoms. The molecule has 0 aliphatic carbocycles. The molecular formula is C22H21N3O2S. The fraction of sp³-hybridized carbons (Fsp3) is 0.182. The highest BCUT2D eigenvalue weighted by atomic mass is 32.1. The molecule has 0 unspecified atom stereocenters. The Kier molecular flexibility index (Phi) is 4.98. The predicted octanol–water partition coefficient (Wildman–Crippen LogP) is 4.81. The number of aryl methyl sites for hydroxylation is 2. The van der Waals surface area contributed by atoms with Gasteiger partial charge in [0.1, 0.15) is 5.58 Å². The zero-order valence-electron chi connectivity index (χ0n) is 15.8. The summed E-state index contributed by atoms with van der Waals surface area (Å²) in [5, 5.41) is 6.40. The normalized spacial score (nSPS) is 11.1. The number of hydrogen-bond donors (Lipinski definition) is 2. The van der Waals surface area contributed by atoms with Gasteiger partial charge in [-0.3, -0.25) is 4.79 Å². The number of rotatable bonds is 5. The van der Waals surface area contributed by atoms with E-state index < -0.39 is 0 Å². The topological polar surface area (TPSA) is 81.2 Å². The first-order valence-corrected chi connectivity index (χ1v) is 9.93. The predicted molar refractivity (Wildman–Crippen MR) is 113 cm³/mol. The van der Waals surface area contributed by atoms with Crippen molar-refractivity contribution in [1.29, 1.82) is 0 Å². The van der Waals surface area contributed by atoms with Gasteiger partial charge >= 0.3 is 0 Å². The van der Waals surface area contributed by atoms with Crippen molar-refractivity contribution in [2.24, 2.45) is 5.73 Å². The van der Waals surface area contributed by atoms with E-state index in [9.17, 15) is 4.79 Å². The van der Waals surface area contributed by atoms with Gasteiger partial charge in [0.25, 0.3) is 0 Å². The zero-order chi connectivity index (χ0) is 19.7. The second kappa shape index (κ2) is 7.58. The quantitative estimate of drug-likeness (QED) is 0.511. The Labute approximate surface area is 167 Å². The van der Waals surface area contributed by atoms with E-state index in [-0.39, 0.29) is 12.3 Å². The van der Waals surface area contributed by atoms with Gasteiger partial charge < -0.3 is 15.5 Å². The number of hydrogen-bond acceptors (Lipinski definition) is 5. The molecule has 0 aliphatic heterocycles. The van der Waals surface area contributed by atoms with Crippen LogP contribution in [0, 0.1) is 13.8 Å². The smallest absolute Gasteiger partial charge is 0.230 e. The summed E-state index contributed by atoms with van der Waals surface area (Å²) in [5.41, 5.74) is 12.6. The van der Waals surface area contributed by atoms with E-state index in [1.54, 1.807) is 6.26 Å². The molecule has 2 heterocycles. The summed E-state index contributed by atoms with van der Waals surface area (Å²) in [6.07, 6.45) is 1.91. The van der Waals surface area contributed by atoms with Crippen molar-refractivity contribution in [2.45, 2.75) is 26.8 Å². The molecule has 142 valence electrons. The molecule has 1 amide bonds. The molecule has 0 aliphatic rings. The lowest BCUT2D eigenvalue weighted by Crippen LogP contribution is -2.14. The van der Waals surface area contributed by atoms with Crippen LogP contribution >= 0.6 is 11.3 Å². The number of thiazole rings is 1. The van der Waals surface area contributed by atoms with Gasteiger partial charge in [0.05, 0.1) is 18.4 Å². The Balaban J connectivity index is 1.47. The summed E-state index contributed by atoms with van der Waals surface area (Å²) in [6.45, 7) is 4.62. The Morgan fingerprint density at radius 3 is 2.68 bits per heavy atom. The van der Waals surface area contributed by atoms with Gasteiger partial charge in [-0.2, -0.15) is 0 Å². The minimum Gasteiger partial charge on any atom is -0.464 e. The second-order valence-electron chi connectivity index (χ2n) is 6.86. The summed E-state index contributed by atoms with van der Waals surface area (Å²) in [6, 6.07) is 12.0. The van der Waals surface area contributed by atoms with Gasteiger partial charge in [-0.15, -0.1) is 11.3 Å². The van der Waals surface area contributed by atoms with Crippen LogP contribution < -0.4 is 11.1 Å². The molecule has 0 saturated carbocycles. The summed E-state index contributed by atoms with van der Waals surface area (Å²) in [5.74, 6) is -0.111. The lowest BCUT2D eigenvalue weighted by atomic mass is 10.0. The Bertz CT molecular complexity index is 1140. The third kappa shape index (κ3) is 3.69. The lowest BCUT2D eigenvalue weighted by Gasteiger charge is -2.02. The van der Waals surface area contributed by atoms with Gasteiger partial charge in [0.15, 0.2) is 5.13 Å². The van der Waals surface area contributed by atoms with Crippen molar-refractivity contribution in [3.63, 3.8) is 0 Å². The van der Waals surface area contributed by atoms with Crippen LogP contribution in [0.15, 0.2) is 52.5 Å². The molecule has 3 N–H and O–H groups in total. The Morgan fingerprint density at radius 2 is 1.93 bits per heavy atom. The van der Waals surface area contributed by atoms with Crippen LogP contribution in [0.1, 0.15) is 22.3 Å². The van der Waals surface area contributed by atoms with E-state index in [4.69, 9.17) is 10.2 Å². The van der Waals surface area contributed by atoms with Gasteiger partial charge in [0.2, 0.25) is 5.91 Å². The number of carbonyl (C=O) groups is 1. The summed E-state index contributed by atoms with van der Waals surface area (Å²) in [4.78, 5) is 17.0. The van der Waals surface area contributed by atoms with Gasteiger partial charge in [-0.25, -0.2) is 4.98 Å². The van der Waals surface area contributed by atoms with Crippen molar-refractivity contribution in [1.82, 2.24) is 4.98 Å². The number of furan rings is 1. The molecule has 4 aromatic rings. The first-order chi connectivity index (χ1) is 13.5. The van der Waals surface area contributed by atoms with E-state index in [1.165, 1.54) is 22.5 Å². The minimum atomic E-state index is -0.111. The summed E-state index contributed by atoms with van der Waals surface area (Å²) in [7, 11) is 0. The summed E-state index contributed by atoms with van der Waals surface area (Å²) >= 11 is 1.41. The fourth-order valence-electron chi connectivity index (χ4n) is 3.08. The molecule has 4 rings (SSSR count). The number of benzene rings is 2. The van der Waals surface area contributed by atoms with Crippen LogP contribution in [0.3, 0.4) is 0 Å². The molecule has 6 heteroatoms. The Hall–Kier alpha value is -2.96. The number of aromatic nitrogens is 1. The van der Waals surface area contributed by atoms with E-state index in [0.717, 1.165) is 33.4 Å². The average Bonchev–Trinajstić information content (AvgIpc) is 3.30. The number of nitrogens with zero attached hydrogens (tertiary/aromatic N) is 1. The zero-order valence-corrected chi connectivity index (χ0v) is 16.6. The van der Waals surface area contributed by atoms with Crippen LogP contribution in [-0.4, -0.2) is 10.9 Å². The number of carbonyl (C=O) groups excluding carboxylic acids is 1. The standard InChI is InChI=1S/C22H21N3O2S/c1-13-7-18-17(11-27-20(18)8-14(13)2)9-21(26)25-22-24-19(12-28-22)16-5-3-15(10-23)4-6-16/h3-8,11-12H,9-10,23H2,1-2H3,(H,24,25,26). The first kappa shape index (κ1) is 18.4. The molecule has 0 fully saturated rings. The van der Waals surface area contributed by atoms with Crippen LogP contribution in [-0.2, 0) is 17.8 Å². The molecule has 0 atom stereocenters. The maximum atomic E-state index is 12.5. The molecular weight excluding hydrogens is 370 g/mol. The fourth-order valence-corrected chi connectivity index (χ4v) is 3.82. The van der Waals surface area contributed by atoms with Crippen LogP contribution in [0.25, 0.3) is 22.2 Å². The third-order valence-electron chi connectivity index (χ3n) is 4.86. The van der Waals surface area contributed by atoms with Gasteiger partial charge in [-0.1, -0.05) is 24.3 Å². The van der Waals surface area contributed by atoms with Crippen LogP contribution in [0.5, 0.6) is 0 Å².